The van der Waals surface area contributed by atoms with E-state index in [4.69, 9.17) is 9.47 Å². The van der Waals surface area contributed by atoms with Crippen LogP contribution in [0.1, 0.15) is 31.8 Å². The number of nitrogens with zero attached hydrogens (tertiary/aromatic N) is 1. The molecular formula is C23H19NO6. The SMILES string of the molecule is Cc1c(C(=O)OCC(=O)c2ccc(OCc3ccccc3)cc2)cccc1[N+](=O)[O-]. The van der Waals surface area contributed by atoms with Gasteiger partial charge in [0.2, 0.25) is 0 Å². The topological polar surface area (TPSA) is 95.7 Å². The van der Waals surface area contributed by atoms with Crippen molar-refractivity contribution >= 4 is 17.4 Å². The minimum absolute atomic E-state index is 0.0571. The normalized spacial score (nSPS) is 10.3. The van der Waals surface area contributed by atoms with Crippen LogP contribution < -0.4 is 4.74 Å². The van der Waals surface area contributed by atoms with Crippen molar-refractivity contribution in [2.45, 2.75) is 13.5 Å². The lowest BCUT2D eigenvalue weighted by molar-refractivity contribution is -0.385. The molecular weight excluding hydrogens is 386 g/mol. The number of rotatable bonds is 8. The molecule has 30 heavy (non-hydrogen) atoms. The van der Waals surface area contributed by atoms with E-state index in [1.54, 1.807) is 24.3 Å². The molecule has 0 unspecified atom stereocenters. The quantitative estimate of drug-likeness (QED) is 0.237. The molecule has 0 saturated carbocycles. The molecule has 0 aliphatic carbocycles. The summed E-state index contributed by atoms with van der Waals surface area (Å²) < 4.78 is 10.7. The first kappa shape index (κ1) is 20.7. The molecule has 0 bridgehead atoms. The third-order valence-electron chi connectivity index (χ3n) is 4.48. The van der Waals surface area contributed by atoms with Gasteiger partial charge in [0.15, 0.2) is 12.4 Å². The van der Waals surface area contributed by atoms with Gasteiger partial charge < -0.3 is 9.47 Å². The van der Waals surface area contributed by atoms with Crippen LogP contribution in [0.25, 0.3) is 0 Å². The van der Waals surface area contributed by atoms with Crippen LogP contribution in [0.5, 0.6) is 5.75 Å². The predicted molar refractivity (Wildman–Crippen MR) is 110 cm³/mol. The van der Waals surface area contributed by atoms with Gasteiger partial charge in [-0.3, -0.25) is 14.9 Å². The number of nitro benzene ring substituents is 1. The lowest BCUT2D eigenvalue weighted by atomic mass is 10.1. The molecule has 0 atom stereocenters. The maximum atomic E-state index is 12.3. The summed E-state index contributed by atoms with van der Waals surface area (Å²) in [4.78, 5) is 35.0. The van der Waals surface area contributed by atoms with E-state index in [9.17, 15) is 19.7 Å². The molecule has 152 valence electrons. The van der Waals surface area contributed by atoms with Crippen LogP contribution in [0.3, 0.4) is 0 Å². The molecule has 3 aromatic carbocycles. The molecule has 0 N–H and O–H groups in total. The second kappa shape index (κ2) is 9.47. The number of carbonyl (C=O) groups excluding carboxylic acids is 2. The molecule has 0 radical (unpaired) electrons. The van der Waals surface area contributed by atoms with Crippen molar-refractivity contribution in [1.82, 2.24) is 0 Å². The molecule has 0 aromatic heterocycles. The van der Waals surface area contributed by atoms with Crippen LogP contribution >= 0.6 is 0 Å². The Kier molecular flexibility index (Phi) is 6.54. The number of benzene rings is 3. The number of carbonyl (C=O) groups is 2. The fourth-order valence-electron chi connectivity index (χ4n) is 2.81. The Morgan fingerprint density at radius 2 is 1.63 bits per heavy atom. The number of Topliss-reactive ketones (excluding diaryl/α,β-unsaturated/α-hetero) is 1. The van der Waals surface area contributed by atoms with Gasteiger partial charge in [-0.05, 0) is 42.8 Å². The largest absolute Gasteiger partial charge is 0.489 e. The zero-order chi connectivity index (χ0) is 21.5. The van der Waals surface area contributed by atoms with Crippen LogP contribution in [0.4, 0.5) is 5.69 Å². The monoisotopic (exact) mass is 405 g/mol. The molecule has 0 aliphatic heterocycles. The molecule has 7 heteroatoms. The summed E-state index contributed by atoms with van der Waals surface area (Å²) in [5.74, 6) is -0.562. The minimum Gasteiger partial charge on any atom is -0.489 e. The highest BCUT2D eigenvalue weighted by Crippen LogP contribution is 2.22. The Balaban J connectivity index is 1.56. The highest BCUT2D eigenvalue weighted by atomic mass is 16.6. The summed E-state index contributed by atoms with van der Waals surface area (Å²) in [6.45, 7) is 1.41. The van der Waals surface area contributed by atoms with E-state index in [-0.39, 0.29) is 22.6 Å². The Morgan fingerprint density at radius 1 is 0.933 bits per heavy atom. The average Bonchev–Trinajstić information content (AvgIpc) is 2.77. The zero-order valence-electron chi connectivity index (χ0n) is 16.2. The van der Waals surface area contributed by atoms with E-state index in [1.807, 2.05) is 30.3 Å². The fourth-order valence-corrected chi connectivity index (χ4v) is 2.81. The molecule has 0 heterocycles. The zero-order valence-corrected chi connectivity index (χ0v) is 16.2. The smallest absolute Gasteiger partial charge is 0.339 e. The van der Waals surface area contributed by atoms with Gasteiger partial charge >= 0.3 is 5.97 Å². The van der Waals surface area contributed by atoms with E-state index in [1.165, 1.54) is 25.1 Å². The second-order valence-electron chi connectivity index (χ2n) is 6.50. The average molecular weight is 405 g/mol. The first-order valence-corrected chi connectivity index (χ1v) is 9.17. The maximum absolute atomic E-state index is 12.3. The Bertz CT molecular complexity index is 1060. The number of hydrogen-bond donors (Lipinski definition) is 0. The van der Waals surface area contributed by atoms with Gasteiger partial charge in [0.1, 0.15) is 12.4 Å². The van der Waals surface area contributed by atoms with Gasteiger partial charge in [-0.2, -0.15) is 0 Å². The number of esters is 1. The second-order valence-corrected chi connectivity index (χ2v) is 6.50. The van der Waals surface area contributed by atoms with Gasteiger partial charge in [-0.25, -0.2) is 4.79 Å². The molecule has 0 saturated heterocycles. The summed E-state index contributed by atoms with van der Waals surface area (Å²) in [6, 6.07) is 20.3. The van der Waals surface area contributed by atoms with Gasteiger partial charge in [-0.1, -0.05) is 36.4 Å². The number of ketones is 1. The summed E-state index contributed by atoms with van der Waals surface area (Å²) in [5, 5.41) is 11.0. The van der Waals surface area contributed by atoms with Crippen molar-refractivity contribution in [3.05, 3.63) is 105 Å². The van der Waals surface area contributed by atoms with Gasteiger partial charge in [0, 0.05) is 17.2 Å². The molecule has 0 aliphatic rings. The van der Waals surface area contributed by atoms with E-state index in [2.05, 4.69) is 0 Å². The van der Waals surface area contributed by atoms with Gasteiger partial charge in [0.25, 0.3) is 5.69 Å². The first-order valence-electron chi connectivity index (χ1n) is 9.17. The van der Waals surface area contributed by atoms with Gasteiger partial charge in [0.05, 0.1) is 10.5 Å². The van der Waals surface area contributed by atoms with Crippen LogP contribution in [0.2, 0.25) is 0 Å². The van der Waals surface area contributed by atoms with Crippen molar-refractivity contribution in [2.75, 3.05) is 6.61 Å². The van der Waals surface area contributed by atoms with Crippen molar-refractivity contribution < 1.29 is 24.0 Å². The standard InChI is InChI=1S/C23H19NO6/c1-16-20(8-5-9-21(16)24(27)28)23(26)30-15-22(25)18-10-12-19(13-11-18)29-14-17-6-3-2-4-7-17/h2-13H,14-15H2,1H3. The van der Waals surface area contributed by atoms with Crippen LogP contribution in [0.15, 0.2) is 72.8 Å². The predicted octanol–water partition coefficient (Wildman–Crippen LogP) is 4.52. The number of hydrogen-bond acceptors (Lipinski definition) is 6. The maximum Gasteiger partial charge on any atom is 0.339 e. The third kappa shape index (κ3) is 5.08. The minimum atomic E-state index is -0.785. The summed E-state index contributed by atoms with van der Waals surface area (Å²) in [7, 11) is 0. The van der Waals surface area contributed by atoms with Crippen LogP contribution in [-0.4, -0.2) is 23.3 Å². The molecule has 3 rings (SSSR count). The molecule has 0 amide bonds. The van der Waals surface area contributed by atoms with E-state index in [0.29, 0.717) is 17.9 Å². The Hall–Kier alpha value is -4.00. The highest BCUT2D eigenvalue weighted by molar-refractivity contribution is 5.99. The number of ether oxygens (including phenoxy) is 2. The van der Waals surface area contributed by atoms with E-state index in [0.717, 1.165) is 5.56 Å². The van der Waals surface area contributed by atoms with Gasteiger partial charge in [-0.15, -0.1) is 0 Å². The van der Waals surface area contributed by atoms with Crippen molar-refractivity contribution in [1.29, 1.82) is 0 Å². The third-order valence-corrected chi connectivity index (χ3v) is 4.48. The lowest BCUT2D eigenvalue weighted by Crippen LogP contribution is -2.15. The lowest BCUT2D eigenvalue weighted by Gasteiger charge is -2.08. The number of nitro groups is 1. The molecule has 0 spiro atoms. The summed E-state index contributed by atoms with van der Waals surface area (Å²) in [6.07, 6.45) is 0. The van der Waals surface area contributed by atoms with E-state index >= 15 is 0 Å². The molecule has 0 fully saturated rings. The van der Waals surface area contributed by atoms with Crippen molar-refractivity contribution in [3.63, 3.8) is 0 Å². The van der Waals surface area contributed by atoms with Crippen LogP contribution in [-0.2, 0) is 11.3 Å². The molecule has 7 nitrogen and oxygen atoms in total. The van der Waals surface area contributed by atoms with Crippen LogP contribution in [0, 0.1) is 17.0 Å². The Labute approximate surface area is 173 Å². The Morgan fingerprint density at radius 3 is 2.30 bits per heavy atom. The highest BCUT2D eigenvalue weighted by Gasteiger charge is 2.20. The van der Waals surface area contributed by atoms with Crippen molar-refractivity contribution in [3.8, 4) is 5.75 Å². The summed E-state index contributed by atoms with van der Waals surface area (Å²) in [5.41, 5.74) is 1.47. The van der Waals surface area contributed by atoms with Crippen molar-refractivity contribution in [2.24, 2.45) is 0 Å². The summed E-state index contributed by atoms with van der Waals surface area (Å²) >= 11 is 0. The first-order chi connectivity index (χ1) is 14.5. The van der Waals surface area contributed by atoms with E-state index < -0.39 is 17.5 Å². The fraction of sp³-hybridized carbons (Fsp3) is 0.130. The molecule has 3 aromatic rings.